The van der Waals surface area contributed by atoms with Crippen LogP contribution in [0.25, 0.3) is 0 Å². The Morgan fingerprint density at radius 1 is 1.06 bits per heavy atom. The summed E-state index contributed by atoms with van der Waals surface area (Å²) in [6, 6.07) is 0. The molecule has 2 atom stereocenters. The summed E-state index contributed by atoms with van der Waals surface area (Å²) in [5, 5.41) is 0. The largest absolute Gasteiger partial charge is 0.468 e. The molecule has 0 radical (unpaired) electrons. The van der Waals surface area contributed by atoms with E-state index in [-0.39, 0.29) is 0 Å². The monoisotopic (exact) mass is 264 g/mol. The van der Waals surface area contributed by atoms with Crippen LogP contribution < -0.4 is 0 Å². The summed E-state index contributed by atoms with van der Waals surface area (Å²) in [6.45, 7) is 0. The summed E-state index contributed by atoms with van der Waals surface area (Å²) < 4.78 is 31.7. The van der Waals surface area contributed by atoms with Gasteiger partial charge in [-0.3, -0.25) is 14.4 Å². The van der Waals surface area contributed by atoms with E-state index in [4.69, 9.17) is 0 Å². The van der Waals surface area contributed by atoms with Gasteiger partial charge in [-0.15, -0.1) is 0 Å². The first-order valence-corrected chi connectivity index (χ1v) is 6.54. The minimum atomic E-state index is -3.65. The number of hydrogen-bond donors (Lipinski definition) is 0. The van der Waals surface area contributed by atoms with Crippen LogP contribution in [0.2, 0.25) is 0 Å². The van der Waals surface area contributed by atoms with Gasteiger partial charge in [0.15, 0.2) is 15.6 Å². The number of ketones is 1. The number of carbonyl (C=O) groups excluding carboxylic acids is 3. The van der Waals surface area contributed by atoms with Crippen molar-refractivity contribution in [3.63, 3.8) is 0 Å². The van der Waals surface area contributed by atoms with E-state index in [0.717, 1.165) is 14.2 Å². The maximum absolute atomic E-state index is 11.7. The van der Waals surface area contributed by atoms with E-state index in [0.29, 0.717) is 0 Å². The van der Waals surface area contributed by atoms with Crippen molar-refractivity contribution in [2.75, 3.05) is 25.7 Å². The lowest BCUT2D eigenvalue weighted by Crippen LogP contribution is -2.47. The molecule has 0 spiro atoms. The zero-order chi connectivity index (χ0) is 13.2. The fraction of sp³-hybridized carbons (Fsp3) is 0.667. The molecule has 0 N–H and O–H groups in total. The molecule has 0 bridgehead atoms. The fourth-order valence-corrected chi connectivity index (χ4v) is 3.39. The Kier molecular flexibility index (Phi) is 3.87. The van der Waals surface area contributed by atoms with Crippen molar-refractivity contribution >= 4 is 27.6 Å². The van der Waals surface area contributed by atoms with E-state index >= 15 is 0 Å². The molecule has 0 saturated carbocycles. The maximum Gasteiger partial charge on any atom is 0.317 e. The highest BCUT2D eigenvalue weighted by atomic mass is 32.2. The standard InChI is InChI=1S/C9H12O7S/c1-15-8(11)5-3-17(13,14)4-6(7(5)10)9(12)16-2/h5-6H,3-4H2,1-2H3. The minimum Gasteiger partial charge on any atom is -0.468 e. The van der Waals surface area contributed by atoms with Gasteiger partial charge in [0, 0.05) is 0 Å². The van der Waals surface area contributed by atoms with Crippen molar-refractivity contribution in [2.24, 2.45) is 11.8 Å². The Morgan fingerprint density at radius 3 is 1.71 bits per heavy atom. The van der Waals surface area contributed by atoms with Gasteiger partial charge in [-0.25, -0.2) is 8.42 Å². The van der Waals surface area contributed by atoms with Crippen molar-refractivity contribution in [3.05, 3.63) is 0 Å². The van der Waals surface area contributed by atoms with Crippen molar-refractivity contribution < 1.29 is 32.3 Å². The first-order chi connectivity index (χ1) is 7.82. The van der Waals surface area contributed by atoms with Gasteiger partial charge in [0.05, 0.1) is 25.7 Å². The molecule has 0 aliphatic carbocycles. The second kappa shape index (κ2) is 4.82. The quantitative estimate of drug-likeness (QED) is 0.444. The predicted octanol–water partition coefficient (Wildman–Crippen LogP) is -1.44. The molecule has 2 unspecified atom stereocenters. The van der Waals surface area contributed by atoms with Gasteiger partial charge in [0.1, 0.15) is 11.8 Å². The number of methoxy groups -OCH3 is 2. The number of hydrogen-bond acceptors (Lipinski definition) is 7. The fourth-order valence-electron chi connectivity index (χ4n) is 1.64. The summed E-state index contributed by atoms with van der Waals surface area (Å²) in [4.78, 5) is 34.3. The molecule has 1 saturated heterocycles. The second-order valence-corrected chi connectivity index (χ2v) is 5.78. The molecule has 1 rings (SSSR count). The Labute approximate surface area is 98.0 Å². The number of Topliss-reactive ketones (excluding diaryl/α,β-unsaturated/α-hetero) is 1. The first kappa shape index (κ1) is 13.6. The zero-order valence-electron chi connectivity index (χ0n) is 9.33. The van der Waals surface area contributed by atoms with Gasteiger partial charge >= 0.3 is 11.9 Å². The molecule has 17 heavy (non-hydrogen) atoms. The van der Waals surface area contributed by atoms with E-state index in [9.17, 15) is 22.8 Å². The lowest BCUT2D eigenvalue weighted by molar-refractivity contribution is -0.154. The zero-order valence-corrected chi connectivity index (χ0v) is 10.2. The number of sulfone groups is 1. The molecule has 7 nitrogen and oxygen atoms in total. The van der Waals surface area contributed by atoms with Gasteiger partial charge in [0.25, 0.3) is 0 Å². The lowest BCUT2D eigenvalue weighted by Gasteiger charge is -2.24. The highest BCUT2D eigenvalue weighted by Crippen LogP contribution is 2.22. The number of carbonyl (C=O) groups is 3. The highest BCUT2D eigenvalue weighted by molar-refractivity contribution is 7.91. The van der Waals surface area contributed by atoms with Crippen molar-refractivity contribution in [2.45, 2.75) is 0 Å². The van der Waals surface area contributed by atoms with Gasteiger partial charge in [-0.1, -0.05) is 0 Å². The third-order valence-electron chi connectivity index (χ3n) is 2.50. The number of ether oxygens (including phenoxy) is 2. The van der Waals surface area contributed by atoms with Crippen molar-refractivity contribution in [1.82, 2.24) is 0 Å². The predicted molar refractivity (Wildman–Crippen MR) is 54.7 cm³/mol. The lowest BCUT2D eigenvalue weighted by atomic mass is 9.94. The normalized spacial score (nSPS) is 27.3. The van der Waals surface area contributed by atoms with Gasteiger partial charge in [-0.05, 0) is 0 Å². The Morgan fingerprint density at radius 2 is 1.41 bits per heavy atom. The summed E-state index contributed by atoms with van der Waals surface area (Å²) in [6.07, 6.45) is 0. The summed E-state index contributed by atoms with van der Waals surface area (Å²) in [5.41, 5.74) is 0. The summed E-state index contributed by atoms with van der Waals surface area (Å²) in [7, 11) is -1.56. The number of esters is 2. The van der Waals surface area contributed by atoms with E-state index in [1.165, 1.54) is 0 Å². The van der Waals surface area contributed by atoms with E-state index in [2.05, 4.69) is 9.47 Å². The topological polar surface area (TPSA) is 104 Å². The van der Waals surface area contributed by atoms with Crippen LogP contribution in [0.1, 0.15) is 0 Å². The molecule has 0 aromatic carbocycles. The second-order valence-electron chi connectivity index (χ2n) is 3.63. The molecule has 1 fully saturated rings. The van der Waals surface area contributed by atoms with Crippen LogP contribution in [-0.4, -0.2) is 51.9 Å². The molecule has 1 aliphatic rings. The molecule has 8 heteroatoms. The Balaban J connectivity index is 3.07. The van der Waals surface area contributed by atoms with Crippen molar-refractivity contribution in [3.8, 4) is 0 Å². The first-order valence-electron chi connectivity index (χ1n) is 4.72. The third-order valence-corrected chi connectivity index (χ3v) is 4.18. The summed E-state index contributed by atoms with van der Waals surface area (Å²) >= 11 is 0. The van der Waals surface area contributed by atoms with Crippen LogP contribution in [0.5, 0.6) is 0 Å². The smallest absolute Gasteiger partial charge is 0.317 e. The average molecular weight is 264 g/mol. The average Bonchev–Trinajstić information content (AvgIpc) is 2.29. The molecule has 0 aromatic rings. The van der Waals surface area contributed by atoms with Crippen LogP contribution >= 0.6 is 0 Å². The van der Waals surface area contributed by atoms with Crippen LogP contribution in [0.4, 0.5) is 0 Å². The summed E-state index contributed by atoms with van der Waals surface area (Å²) in [5.74, 6) is -6.79. The van der Waals surface area contributed by atoms with E-state index < -0.39 is 50.9 Å². The van der Waals surface area contributed by atoms with Crippen molar-refractivity contribution in [1.29, 1.82) is 0 Å². The van der Waals surface area contributed by atoms with Crippen LogP contribution in [0.15, 0.2) is 0 Å². The molecule has 1 aliphatic heterocycles. The van der Waals surface area contributed by atoms with Gasteiger partial charge in [0.2, 0.25) is 0 Å². The molecule has 0 amide bonds. The van der Waals surface area contributed by atoms with Crippen LogP contribution in [0.3, 0.4) is 0 Å². The molecular formula is C9H12O7S. The number of rotatable bonds is 2. The molecule has 0 aromatic heterocycles. The minimum absolute atomic E-state index is 0.619. The maximum atomic E-state index is 11.7. The van der Waals surface area contributed by atoms with Crippen LogP contribution in [0, 0.1) is 11.8 Å². The van der Waals surface area contributed by atoms with Crippen LogP contribution in [-0.2, 0) is 33.7 Å². The van der Waals surface area contributed by atoms with E-state index in [1.807, 2.05) is 0 Å². The van der Waals surface area contributed by atoms with E-state index in [1.54, 1.807) is 0 Å². The third kappa shape index (κ3) is 2.82. The highest BCUT2D eigenvalue weighted by Gasteiger charge is 2.47. The van der Waals surface area contributed by atoms with Gasteiger partial charge in [-0.2, -0.15) is 0 Å². The Hall–Kier alpha value is -1.44. The van der Waals surface area contributed by atoms with Gasteiger partial charge < -0.3 is 9.47 Å². The molecule has 1 heterocycles. The molecular weight excluding hydrogens is 252 g/mol. The Bertz CT molecular complexity index is 416. The molecule has 96 valence electrons. The SMILES string of the molecule is COC(=O)C1CS(=O)(=O)CC(C(=O)OC)C1=O.